The molecule has 2 N–H and O–H groups in total. The maximum Gasteiger partial charge on any atom is 0.217 e. The van der Waals surface area contributed by atoms with E-state index in [-0.39, 0.29) is 11.5 Å². The number of aromatic nitrogens is 1. The predicted molar refractivity (Wildman–Crippen MR) is 71.6 cm³/mol. The molecule has 2 rings (SSSR count). The second kappa shape index (κ2) is 5.39. The summed E-state index contributed by atoms with van der Waals surface area (Å²) in [5.41, 5.74) is 6.67. The number of hydrogen-bond donors (Lipinski definition) is 1. The number of nitrogens with zero attached hydrogens (tertiary/aromatic N) is 1. The molecule has 0 amide bonds. The van der Waals surface area contributed by atoms with Gasteiger partial charge in [0.15, 0.2) is 0 Å². The summed E-state index contributed by atoms with van der Waals surface area (Å²) in [6.45, 7) is 0. The molecule has 0 aliphatic heterocycles. The first-order valence-electron chi connectivity index (χ1n) is 5.64. The van der Waals surface area contributed by atoms with Gasteiger partial charge >= 0.3 is 0 Å². The summed E-state index contributed by atoms with van der Waals surface area (Å²) >= 11 is 0. The number of anilines is 1. The number of pyridine rings is 1. The molecule has 0 unspecified atom stereocenters. The fourth-order valence-electron chi connectivity index (χ4n) is 1.73. The van der Waals surface area contributed by atoms with Crippen molar-refractivity contribution >= 4 is 11.5 Å². The SMILES string of the molecule is COc1ccc(OC)c(C(=O)c2ncccc2N)c1. The largest absolute Gasteiger partial charge is 0.497 e. The van der Waals surface area contributed by atoms with Crippen molar-refractivity contribution in [3.05, 3.63) is 47.8 Å². The lowest BCUT2D eigenvalue weighted by Crippen LogP contribution is -2.09. The number of carbonyl (C=O) groups is 1. The molecule has 0 atom stereocenters. The van der Waals surface area contributed by atoms with Gasteiger partial charge in [0.25, 0.3) is 0 Å². The lowest BCUT2D eigenvalue weighted by Gasteiger charge is -2.10. The molecule has 2 aromatic rings. The van der Waals surface area contributed by atoms with Gasteiger partial charge < -0.3 is 15.2 Å². The average molecular weight is 258 g/mol. The number of rotatable bonds is 4. The van der Waals surface area contributed by atoms with E-state index < -0.39 is 0 Å². The van der Waals surface area contributed by atoms with Crippen LogP contribution in [0.2, 0.25) is 0 Å². The predicted octanol–water partition coefficient (Wildman–Crippen LogP) is 1.91. The minimum absolute atomic E-state index is 0.203. The number of ketones is 1. The van der Waals surface area contributed by atoms with E-state index >= 15 is 0 Å². The average Bonchev–Trinajstić information content (AvgIpc) is 2.46. The first-order chi connectivity index (χ1) is 9.17. The van der Waals surface area contributed by atoms with Crippen LogP contribution in [0.5, 0.6) is 11.5 Å². The number of carbonyl (C=O) groups excluding carboxylic acids is 1. The summed E-state index contributed by atoms with van der Waals surface area (Å²) in [6, 6.07) is 8.31. The topological polar surface area (TPSA) is 74.4 Å². The summed E-state index contributed by atoms with van der Waals surface area (Å²) in [6.07, 6.45) is 1.52. The van der Waals surface area contributed by atoms with Crippen molar-refractivity contribution in [2.24, 2.45) is 0 Å². The lowest BCUT2D eigenvalue weighted by molar-refractivity contribution is 0.103. The van der Waals surface area contributed by atoms with Gasteiger partial charge in [-0.3, -0.25) is 9.78 Å². The van der Waals surface area contributed by atoms with Crippen LogP contribution in [0.1, 0.15) is 16.1 Å². The van der Waals surface area contributed by atoms with E-state index in [1.165, 1.54) is 20.4 Å². The molecule has 1 aromatic carbocycles. The minimum atomic E-state index is -0.297. The van der Waals surface area contributed by atoms with Crippen LogP contribution in [0, 0.1) is 0 Å². The van der Waals surface area contributed by atoms with E-state index in [4.69, 9.17) is 15.2 Å². The molecule has 5 heteroatoms. The smallest absolute Gasteiger partial charge is 0.217 e. The quantitative estimate of drug-likeness (QED) is 0.848. The van der Waals surface area contributed by atoms with E-state index in [2.05, 4.69) is 4.98 Å². The number of nitrogens with two attached hydrogens (primary N) is 1. The van der Waals surface area contributed by atoms with Gasteiger partial charge in [0.05, 0.1) is 25.5 Å². The molecule has 1 heterocycles. The summed E-state index contributed by atoms with van der Waals surface area (Å²) in [4.78, 5) is 16.5. The van der Waals surface area contributed by atoms with Crippen molar-refractivity contribution in [3.8, 4) is 11.5 Å². The molecular weight excluding hydrogens is 244 g/mol. The van der Waals surface area contributed by atoms with Gasteiger partial charge in [0, 0.05) is 6.20 Å². The Morgan fingerprint density at radius 2 is 2.00 bits per heavy atom. The summed E-state index contributed by atoms with van der Waals surface area (Å²) in [7, 11) is 3.03. The van der Waals surface area contributed by atoms with E-state index in [1.54, 1.807) is 30.3 Å². The Bertz CT molecular complexity index is 611. The van der Waals surface area contributed by atoms with Crippen LogP contribution in [-0.2, 0) is 0 Å². The van der Waals surface area contributed by atoms with Crippen LogP contribution >= 0.6 is 0 Å². The monoisotopic (exact) mass is 258 g/mol. The Balaban J connectivity index is 2.51. The first-order valence-corrected chi connectivity index (χ1v) is 5.64. The Labute approximate surface area is 111 Å². The normalized spacial score (nSPS) is 10.0. The summed E-state index contributed by atoms with van der Waals surface area (Å²) < 4.78 is 10.3. The highest BCUT2D eigenvalue weighted by Crippen LogP contribution is 2.27. The molecule has 5 nitrogen and oxygen atoms in total. The van der Waals surface area contributed by atoms with Crippen molar-refractivity contribution in [3.63, 3.8) is 0 Å². The van der Waals surface area contributed by atoms with Gasteiger partial charge in [-0.1, -0.05) is 0 Å². The molecule has 0 radical (unpaired) electrons. The van der Waals surface area contributed by atoms with Crippen LogP contribution in [0.4, 0.5) is 5.69 Å². The highest BCUT2D eigenvalue weighted by Gasteiger charge is 2.18. The molecule has 0 aliphatic rings. The Morgan fingerprint density at radius 3 is 2.63 bits per heavy atom. The van der Waals surface area contributed by atoms with E-state index in [0.29, 0.717) is 22.7 Å². The van der Waals surface area contributed by atoms with E-state index in [0.717, 1.165) is 0 Å². The van der Waals surface area contributed by atoms with Crippen molar-refractivity contribution in [2.75, 3.05) is 20.0 Å². The van der Waals surface area contributed by atoms with Crippen LogP contribution in [0.15, 0.2) is 36.5 Å². The molecule has 0 saturated heterocycles. The van der Waals surface area contributed by atoms with Crippen molar-refractivity contribution in [2.45, 2.75) is 0 Å². The number of nitrogen functional groups attached to an aromatic ring is 1. The highest BCUT2D eigenvalue weighted by molar-refractivity contribution is 6.12. The van der Waals surface area contributed by atoms with Gasteiger partial charge in [-0.05, 0) is 30.3 Å². The van der Waals surface area contributed by atoms with E-state index in [9.17, 15) is 4.79 Å². The fraction of sp³-hybridized carbons (Fsp3) is 0.143. The Kier molecular flexibility index (Phi) is 3.66. The maximum atomic E-state index is 12.4. The lowest BCUT2D eigenvalue weighted by atomic mass is 10.0. The Hall–Kier alpha value is -2.56. The summed E-state index contributed by atoms with van der Waals surface area (Å²) in [5.74, 6) is 0.725. The van der Waals surface area contributed by atoms with Crippen LogP contribution in [0.3, 0.4) is 0 Å². The molecule has 19 heavy (non-hydrogen) atoms. The maximum absolute atomic E-state index is 12.4. The number of hydrogen-bond acceptors (Lipinski definition) is 5. The van der Waals surface area contributed by atoms with Crippen LogP contribution < -0.4 is 15.2 Å². The van der Waals surface area contributed by atoms with Gasteiger partial charge in [-0.2, -0.15) is 0 Å². The molecule has 0 fully saturated rings. The number of ether oxygens (including phenoxy) is 2. The number of benzene rings is 1. The molecule has 0 spiro atoms. The zero-order valence-electron chi connectivity index (χ0n) is 10.7. The molecule has 98 valence electrons. The Morgan fingerprint density at radius 1 is 1.21 bits per heavy atom. The molecule has 1 aromatic heterocycles. The second-order valence-electron chi connectivity index (χ2n) is 3.84. The van der Waals surface area contributed by atoms with Crippen LogP contribution in [0.25, 0.3) is 0 Å². The third-order valence-corrected chi connectivity index (χ3v) is 2.71. The number of methoxy groups -OCH3 is 2. The van der Waals surface area contributed by atoms with Crippen molar-refractivity contribution < 1.29 is 14.3 Å². The van der Waals surface area contributed by atoms with Crippen LogP contribution in [-0.4, -0.2) is 25.0 Å². The van der Waals surface area contributed by atoms with Crippen molar-refractivity contribution in [1.29, 1.82) is 0 Å². The van der Waals surface area contributed by atoms with Gasteiger partial charge in [-0.25, -0.2) is 0 Å². The standard InChI is InChI=1S/C14H14N2O3/c1-18-9-5-6-12(19-2)10(8-9)14(17)13-11(15)4-3-7-16-13/h3-8H,15H2,1-2H3. The highest BCUT2D eigenvalue weighted by atomic mass is 16.5. The second-order valence-corrected chi connectivity index (χ2v) is 3.84. The van der Waals surface area contributed by atoms with Gasteiger partial charge in [0.1, 0.15) is 17.2 Å². The summed E-state index contributed by atoms with van der Waals surface area (Å²) in [5, 5.41) is 0. The molecule has 0 saturated carbocycles. The zero-order valence-corrected chi connectivity index (χ0v) is 10.7. The fourth-order valence-corrected chi connectivity index (χ4v) is 1.73. The first kappa shape index (κ1) is 12.9. The molecule has 0 bridgehead atoms. The minimum Gasteiger partial charge on any atom is -0.497 e. The van der Waals surface area contributed by atoms with Crippen molar-refractivity contribution in [1.82, 2.24) is 4.98 Å². The molecule has 0 aliphatic carbocycles. The zero-order chi connectivity index (χ0) is 13.8. The third-order valence-electron chi connectivity index (χ3n) is 2.71. The van der Waals surface area contributed by atoms with E-state index in [1.807, 2.05) is 0 Å². The molecular formula is C14H14N2O3. The van der Waals surface area contributed by atoms with Gasteiger partial charge in [0.2, 0.25) is 5.78 Å². The third kappa shape index (κ3) is 2.49. The van der Waals surface area contributed by atoms with Gasteiger partial charge in [-0.15, -0.1) is 0 Å².